The molecule has 0 spiro atoms. The summed E-state index contributed by atoms with van der Waals surface area (Å²) in [4.78, 5) is 4.78. The minimum Gasteiger partial charge on any atom is -0.387 e. The van der Waals surface area contributed by atoms with Gasteiger partial charge in [0.25, 0.3) is 0 Å². The Hall–Kier alpha value is -0.530. The Morgan fingerprint density at radius 1 is 1.00 bits per heavy atom. The van der Waals surface area contributed by atoms with Crippen molar-refractivity contribution in [2.75, 3.05) is 0 Å². The summed E-state index contributed by atoms with van der Waals surface area (Å²) in [7, 11) is 0. The van der Waals surface area contributed by atoms with Crippen LogP contribution in [0, 0.1) is 11.8 Å². The third-order valence-electron chi connectivity index (χ3n) is 4.46. The SMILES string of the molecule is CC(N=C(N)C1CCCC1)C1CCCCC1. The van der Waals surface area contributed by atoms with Gasteiger partial charge in [0, 0.05) is 5.92 Å². The zero-order chi connectivity index (χ0) is 11.4. The van der Waals surface area contributed by atoms with Crippen molar-refractivity contribution in [2.45, 2.75) is 70.8 Å². The van der Waals surface area contributed by atoms with Crippen LogP contribution in [-0.4, -0.2) is 11.9 Å². The molecule has 2 nitrogen and oxygen atoms in total. The molecule has 0 aliphatic heterocycles. The van der Waals surface area contributed by atoms with Crippen LogP contribution in [0.5, 0.6) is 0 Å². The van der Waals surface area contributed by atoms with Crippen molar-refractivity contribution in [1.29, 1.82) is 0 Å². The first-order valence-corrected chi connectivity index (χ1v) is 7.10. The number of nitrogens with two attached hydrogens (primary N) is 1. The van der Waals surface area contributed by atoms with Gasteiger partial charge in [-0.1, -0.05) is 32.1 Å². The first-order chi connectivity index (χ1) is 7.77. The van der Waals surface area contributed by atoms with Crippen molar-refractivity contribution in [3.05, 3.63) is 0 Å². The highest BCUT2D eigenvalue weighted by Gasteiger charge is 2.22. The average Bonchev–Trinajstić information content (AvgIpc) is 2.83. The fourth-order valence-corrected chi connectivity index (χ4v) is 3.28. The Morgan fingerprint density at radius 2 is 1.56 bits per heavy atom. The van der Waals surface area contributed by atoms with Crippen LogP contribution >= 0.6 is 0 Å². The minimum atomic E-state index is 0.459. The number of aliphatic imine (C=N–C) groups is 1. The highest BCUT2D eigenvalue weighted by atomic mass is 14.9. The topological polar surface area (TPSA) is 38.4 Å². The average molecular weight is 222 g/mol. The second-order valence-electron chi connectivity index (χ2n) is 5.67. The van der Waals surface area contributed by atoms with Crippen molar-refractivity contribution >= 4 is 5.84 Å². The second-order valence-corrected chi connectivity index (χ2v) is 5.67. The Morgan fingerprint density at radius 3 is 2.19 bits per heavy atom. The number of hydrogen-bond donors (Lipinski definition) is 1. The van der Waals surface area contributed by atoms with E-state index < -0.39 is 0 Å². The van der Waals surface area contributed by atoms with Gasteiger partial charge in [0.1, 0.15) is 0 Å². The minimum absolute atomic E-state index is 0.459. The van der Waals surface area contributed by atoms with Crippen LogP contribution in [0.15, 0.2) is 4.99 Å². The van der Waals surface area contributed by atoms with E-state index in [1.54, 1.807) is 0 Å². The van der Waals surface area contributed by atoms with Gasteiger partial charge in [-0.25, -0.2) is 0 Å². The van der Waals surface area contributed by atoms with Gasteiger partial charge in [0.05, 0.1) is 11.9 Å². The number of nitrogens with zero attached hydrogens (tertiary/aromatic N) is 1. The van der Waals surface area contributed by atoms with Crippen molar-refractivity contribution in [1.82, 2.24) is 0 Å². The summed E-state index contributed by atoms with van der Waals surface area (Å²) < 4.78 is 0. The standard InChI is InChI=1S/C14H26N2/c1-11(12-7-3-2-4-8-12)16-14(15)13-9-5-6-10-13/h11-13H,2-10H2,1H3,(H2,15,16). The molecule has 0 bridgehead atoms. The van der Waals surface area contributed by atoms with Gasteiger partial charge >= 0.3 is 0 Å². The number of hydrogen-bond acceptors (Lipinski definition) is 1. The zero-order valence-corrected chi connectivity index (χ0v) is 10.6. The Balaban J connectivity index is 1.87. The van der Waals surface area contributed by atoms with Crippen LogP contribution in [0.25, 0.3) is 0 Å². The quantitative estimate of drug-likeness (QED) is 0.576. The molecule has 2 saturated carbocycles. The van der Waals surface area contributed by atoms with Gasteiger partial charge in [0.15, 0.2) is 0 Å². The molecule has 2 rings (SSSR count). The van der Waals surface area contributed by atoms with Crippen LogP contribution in [-0.2, 0) is 0 Å². The van der Waals surface area contributed by atoms with E-state index >= 15 is 0 Å². The molecule has 2 heteroatoms. The molecule has 2 fully saturated rings. The number of rotatable bonds is 3. The molecule has 2 aliphatic carbocycles. The molecular weight excluding hydrogens is 196 g/mol. The van der Waals surface area contributed by atoms with E-state index in [1.165, 1.54) is 57.8 Å². The monoisotopic (exact) mass is 222 g/mol. The lowest BCUT2D eigenvalue weighted by Gasteiger charge is -2.26. The van der Waals surface area contributed by atoms with E-state index in [1.807, 2.05) is 0 Å². The van der Waals surface area contributed by atoms with Crippen molar-refractivity contribution in [3.8, 4) is 0 Å². The molecule has 0 amide bonds. The maximum absolute atomic E-state index is 6.14. The summed E-state index contributed by atoms with van der Waals surface area (Å²) in [6.07, 6.45) is 12.2. The van der Waals surface area contributed by atoms with E-state index in [4.69, 9.17) is 10.7 Å². The molecule has 1 atom stereocenters. The highest BCUT2D eigenvalue weighted by Crippen LogP contribution is 2.29. The Bertz CT molecular complexity index is 235. The molecule has 16 heavy (non-hydrogen) atoms. The molecule has 0 radical (unpaired) electrons. The molecule has 1 unspecified atom stereocenters. The van der Waals surface area contributed by atoms with Crippen molar-refractivity contribution in [3.63, 3.8) is 0 Å². The fraction of sp³-hybridized carbons (Fsp3) is 0.929. The predicted molar refractivity (Wildman–Crippen MR) is 69.6 cm³/mol. The third-order valence-corrected chi connectivity index (χ3v) is 4.46. The zero-order valence-electron chi connectivity index (χ0n) is 10.6. The van der Waals surface area contributed by atoms with Gasteiger partial charge in [0.2, 0.25) is 0 Å². The molecule has 0 aromatic rings. The number of amidine groups is 1. The van der Waals surface area contributed by atoms with Gasteiger partial charge < -0.3 is 5.73 Å². The maximum atomic E-state index is 6.14. The summed E-state index contributed by atoms with van der Waals surface area (Å²) in [5.41, 5.74) is 6.14. The molecule has 0 heterocycles. The molecule has 2 aliphatic rings. The summed E-state index contributed by atoms with van der Waals surface area (Å²) in [5, 5.41) is 0. The van der Waals surface area contributed by atoms with Gasteiger partial charge in [-0.15, -0.1) is 0 Å². The van der Waals surface area contributed by atoms with E-state index in [2.05, 4.69) is 6.92 Å². The van der Waals surface area contributed by atoms with Crippen LogP contribution < -0.4 is 5.73 Å². The van der Waals surface area contributed by atoms with Crippen LogP contribution in [0.1, 0.15) is 64.7 Å². The fourth-order valence-electron chi connectivity index (χ4n) is 3.28. The molecule has 0 saturated heterocycles. The lowest BCUT2D eigenvalue weighted by atomic mass is 9.85. The smallest absolute Gasteiger partial charge is 0.0971 e. The first-order valence-electron chi connectivity index (χ1n) is 7.10. The molecule has 2 N–H and O–H groups in total. The molecular formula is C14H26N2. The van der Waals surface area contributed by atoms with Gasteiger partial charge in [-0.2, -0.15) is 0 Å². The maximum Gasteiger partial charge on any atom is 0.0971 e. The summed E-state index contributed by atoms with van der Waals surface area (Å²) in [6.45, 7) is 2.26. The Labute approximate surface area is 99.7 Å². The summed E-state index contributed by atoms with van der Waals surface area (Å²) in [5.74, 6) is 2.36. The molecule has 92 valence electrons. The van der Waals surface area contributed by atoms with E-state index in [9.17, 15) is 0 Å². The highest BCUT2D eigenvalue weighted by molar-refractivity contribution is 5.83. The lowest BCUT2D eigenvalue weighted by Crippen LogP contribution is -2.27. The second kappa shape index (κ2) is 5.70. The van der Waals surface area contributed by atoms with Crippen LogP contribution in [0.4, 0.5) is 0 Å². The summed E-state index contributed by atoms with van der Waals surface area (Å²) in [6, 6.07) is 0.459. The van der Waals surface area contributed by atoms with Gasteiger partial charge in [-0.3, -0.25) is 4.99 Å². The van der Waals surface area contributed by atoms with E-state index in [0.29, 0.717) is 12.0 Å². The van der Waals surface area contributed by atoms with Gasteiger partial charge in [-0.05, 0) is 38.5 Å². The largest absolute Gasteiger partial charge is 0.387 e. The molecule has 0 aromatic carbocycles. The summed E-state index contributed by atoms with van der Waals surface area (Å²) >= 11 is 0. The predicted octanol–water partition coefficient (Wildman–Crippen LogP) is 3.50. The lowest BCUT2D eigenvalue weighted by molar-refractivity contribution is 0.317. The third kappa shape index (κ3) is 2.99. The van der Waals surface area contributed by atoms with Crippen LogP contribution in [0.3, 0.4) is 0 Å². The van der Waals surface area contributed by atoms with Crippen LogP contribution in [0.2, 0.25) is 0 Å². The Kier molecular flexibility index (Phi) is 4.25. The molecule has 0 aromatic heterocycles. The first kappa shape index (κ1) is 11.9. The normalized spacial score (nSPS) is 27.2. The van der Waals surface area contributed by atoms with Crippen molar-refractivity contribution < 1.29 is 0 Å². The van der Waals surface area contributed by atoms with Crippen molar-refractivity contribution in [2.24, 2.45) is 22.6 Å². The van der Waals surface area contributed by atoms with E-state index in [0.717, 1.165) is 11.8 Å². The van der Waals surface area contributed by atoms with E-state index in [-0.39, 0.29) is 0 Å².